The van der Waals surface area contributed by atoms with Gasteiger partial charge in [0.2, 0.25) is 0 Å². The summed E-state index contributed by atoms with van der Waals surface area (Å²) in [5.41, 5.74) is 3.43. The van der Waals surface area contributed by atoms with E-state index in [4.69, 9.17) is 0 Å². The molecule has 0 radical (unpaired) electrons. The van der Waals surface area contributed by atoms with E-state index in [9.17, 15) is 4.79 Å². The molecule has 1 spiro atoms. The van der Waals surface area contributed by atoms with E-state index in [0.29, 0.717) is 17.1 Å². The van der Waals surface area contributed by atoms with Crippen molar-refractivity contribution in [1.82, 2.24) is 9.78 Å². The normalized spacial score (nSPS) is 21.6. The standard InChI is InChI=1S/C13H18N2O/c1-8(2)12-11-9(14-15(12)3)6-13(4-5-13)7-10(11)16/h8H,4-7H2,1-3H3. The minimum Gasteiger partial charge on any atom is -0.294 e. The first-order chi connectivity index (χ1) is 7.52. The van der Waals surface area contributed by atoms with Crippen molar-refractivity contribution >= 4 is 5.78 Å². The Bertz CT molecular complexity index is 467. The fourth-order valence-corrected chi connectivity index (χ4v) is 3.06. The van der Waals surface area contributed by atoms with E-state index in [-0.39, 0.29) is 0 Å². The summed E-state index contributed by atoms with van der Waals surface area (Å²) in [6.45, 7) is 4.26. The van der Waals surface area contributed by atoms with Gasteiger partial charge >= 0.3 is 0 Å². The van der Waals surface area contributed by atoms with Crippen LogP contribution < -0.4 is 0 Å². The molecule has 0 aliphatic heterocycles. The Morgan fingerprint density at radius 2 is 2.00 bits per heavy atom. The second-order valence-electron chi connectivity index (χ2n) is 5.76. The van der Waals surface area contributed by atoms with E-state index in [0.717, 1.165) is 29.8 Å². The van der Waals surface area contributed by atoms with Crippen LogP contribution in [0.5, 0.6) is 0 Å². The molecule has 0 bridgehead atoms. The molecular weight excluding hydrogens is 200 g/mol. The van der Waals surface area contributed by atoms with E-state index in [2.05, 4.69) is 18.9 Å². The van der Waals surface area contributed by atoms with Crippen LogP contribution in [0, 0.1) is 5.41 Å². The molecule has 86 valence electrons. The molecule has 1 saturated carbocycles. The predicted octanol–water partition coefficient (Wildman–Crippen LogP) is 2.45. The van der Waals surface area contributed by atoms with Crippen molar-refractivity contribution in [1.29, 1.82) is 0 Å². The SMILES string of the molecule is CC(C)c1c2c(nn1C)CC1(CC1)CC2=O. The maximum atomic E-state index is 12.2. The summed E-state index contributed by atoms with van der Waals surface area (Å²) in [4.78, 5) is 12.2. The lowest BCUT2D eigenvalue weighted by molar-refractivity contribution is 0.0939. The average Bonchev–Trinajstić information content (AvgIpc) is 2.79. The minimum atomic E-state index is 0.312. The number of fused-ring (bicyclic) bond motifs is 1. The second-order valence-corrected chi connectivity index (χ2v) is 5.76. The number of hydrogen-bond acceptors (Lipinski definition) is 2. The molecule has 0 amide bonds. The van der Waals surface area contributed by atoms with Gasteiger partial charge in [-0.1, -0.05) is 13.8 Å². The zero-order valence-electron chi connectivity index (χ0n) is 10.2. The fourth-order valence-electron chi connectivity index (χ4n) is 3.06. The first kappa shape index (κ1) is 10.1. The van der Waals surface area contributed by atoms with E-state index in [1.54, 1.807) is 0 Å². The Morgan fingerprint density at radius 1 is 1.31 bits per heavy atom. The number of ketones is 1. The van der Waals surface area contributed by atoms with Crippen molar-refractivity contribution in [3.05, 3.63) is 17.0 Å². The third-order valence-corrected chi connectivity index (χ3v) is 4.02. The second kappa shape index (κ2) is 2.96. The van der Waals surface area contributed by atoms with Gasteiger partial charge in [-0.2, -0.15) is 5.10 Å². The Hall–Kier alpha value is -1.12. The molecule has 2 aliphatic carbocycles. The predicted molar refractivity (Wildman–Crippen MR) is 61.6 cm³/mol. The molecule has 2 aliphatic rings. The number of Topliss-reactive ketones (excluding diaryl/α,β-unsaturated/α-hetero) is 1. The highest BCUT2D eigenvalue weighted by molar-refractivity contribution is 6.00. The average molecular weight is 218 g/mol. The van der Waals surface area contributed by atoms with E-state index >= 15 is 0 Å². The van der Waals surface area contributed by atoms with Gasteiger partial charge in [-0.3, -0.25) is 9.48 Å². The van der Waals surface area contributed by atoms with Crippen LogP contribution in [0.15, 0.2) is 0 Å². The molecule has 1 aromatic rings. The van der Waals surface area contributed by atoms with E-state index < -0.39 is 0 Å². The topological polar surface area (TPSA) is 34.9 Å². The highest BCUT2D eigenvalue weighted by atomic mass is 16.1. The highest BCUT2D eigenvalue weighted by Gasteiger charge is 2.49. The monoisotopic (exact) mass is 218 g/mol. The maximum Gasteiger partial charge on any atom is 0.167 e. The van der Waals surface area contributed by atoms with Crippen molar-refractivity contribution in [2.24, 2.45) is 12.5 Å². The first-order valence-corrected chi connectivity index (χ1v) is 6.11. The van der Waals surface area contributed by atoms with Crippen LogP contribution in [0.3, 0.4) is 0 Å². The first-order valence-electron chi connectivity index (χ1n) is 6.11. The number of rotatable bonds is 1. The highest BCUT2D eigenvalue weighted by Crippen LogP contribution is 2.54. The fraction of sp³-hybridized carbons (Fsp3) is 0.692. The van der Waals surface area contributed by atoms with Gasteiger partial charge in [0.25, 0.3) is 0 Å². The number of carbonyl (C=O) groups excluding carboxylic acids is 1. The molecule has 16 heavy (non-hydrogen) atoms. The summed E-state index contributed by atoms with van der Waals surface area (Å²) in [5.74, 6) is 0.703. The lowest BCUT2D eigenvalue weighted by Gasteiger charge is -2.20. The molecule has 0 atom stereocenters. The van der Waals surface area contributed by atoms with Crippen LogP contribution in [-0.2, 0) is 13.5 Å². The number of nitrogens with zero attached hydrogens (tertiary/aromatic N) is 2. The smallest absolute Gasteiger partial charge is 0.167 e. The summed E-state index contributed by atoms with van der Waals surface area (Å²) >= 11 is 0. The van der Waals surface area contributed by atoms with Gasteiger partial charge in [-0.25, -0.2) is 0 Å². The van der Waals surface area contributed by atoms with Crippen molar-refractivity contribution in [2.45, 2.75) is 45.4 Å². The molecule has 3 rings (SSSR count). The van der Waals surface area contributed by atoms with Gasteiger partial charge in [0.1, 0.15) is 0 Å². The summed E-state index contributed by atoms with van der Waals surface area (Å²) in [5, 5.41) is 4.55. The molecular formula is C13H18N2O. The van der Waals surface area contributed by atoms with Crippen molar-refractivity contribution in [3.8, 4) is 0 Å². The number of hydrogen-bond donors (Lipinski definition) is 0. The molecule has 1 fully saturated rings. The van der Waals surface area contributed by atoms with Crippen LogP contribution in [0.1, 0.15) is 60.8 Å². The Balaban J connectivity index is 2.13. The molecule has 1 aromatic heterocycles. The maximum absolute atomic E-state index is 12.2. The lowest BCUT2D eigenvalue weighted by atomic mass is 9.82. The minimum absolute atomic E-state index is 0.312. The Labute approximate surface area is 95.8 Å². The molecule has 3 nitrogen and oxygen atoms in total. The molecule has 3 heteroatoms. The van der Waals surface area contributed by atoms with Gasteiger partial charge in [0, 0.05) is 13.5 Å². The number of aromatic nitrogens is 2. The Morgan fingerprint density at radius 3 is 2.56 bits per heavy atom. The van der Waals surface area contributed by atoms with Gasteiger partial charge in [0.15, 0.2) is 5.78 Å². The molecule has 0 unspecified atom stereocenters. The third kappa shape index (κ3) is 1.27. The van der Waals surface area contributed by atoms with Gasteiger partial charge in [-0.05, 0) is 30.6 Å². The largest absolute Gasteiger partial charge is 0.294 e. The van der Waals surface area contributed by atoms with Crippen molar-refractivity contribution in [3.63, 3.8) is 0 Å². The Kier molecular flexibility index (Phi) is 1.86. The van der Waals surface area contributed by atoms with Gasteiger partial charge < -0.3 is 0 Å². The summed E-state index contributed by atoms with van der Waals surface area (Å²) < 4.78 is 1.91. The number of carbonyl (C=O) groups is 1. The van der Waals surface area contributed by atoms with Gasteiger partial charge in [-0.15, -0.1) is 0 Å². The molecule has 0 saturated heterocycles. The quantitative estimate of drug-likeness (QED) is 0.725. The van der Waals surface area contributed by atoms with Crippen LogP contribution in [0.25, 0.3) is 0 Å². The summed E-state index contributed by atoms with van der Waals surface area (Å²) in [6.07, 6.45) is 4.21. The van der Waals surface area contributed by atoms with Gasteiger partial charge in [0.05, 0.1) is 17.0 Å². The molecule has 0 N–H and O–H groups in total. The van der Waals surface area contributed by atoms with Crippen LogP contribution >= 0.6 is 0 Å². The van der Waals surface area contributed by atoms with Crippen molar-refractivity contribution < 1.29 is 4.79 Å². The molecule has 1 heterocycles. The number of aryl methyl sites for hydroxylation is 1. The van der Waals surface area contributed by atoms with Crippen LogP contribution in [0.4, 0.5) is 0 Å². The van der Waals surface area contributed by atoms with Crippen molar-refractivity contribution in [2.75, 3.05) is 0 Å². The van der Waals surface area contributed by atoms with Crippen LogP contribution in [-0.4, -0.2) is 15.6 Å². The summed E-state index contributed by atoms with van der Waals surface area (Å²) in [7, 11) is 1.96. The third-order valence-electron chi connectivity index (χ3n) is 4.02. The zero-order chi connectivity index (χ0) is 11.5. The van der Waals surface area contributed by atoms with Crippen LogP contribution in [0.2, 0.25) is 0 Å². The van der Waals surface area contributed by atoms with E-state index in [1.807, 2.05) is 11.7 Å². The lowest BCUT2D eigenvalue weighted by Crippen LogP contribution is -2.21. The van der Waals surface area contributed by atoms with E-state index in [1.165, 1.54) is 12.8 Å². The molecule has 0 aromatic carbocycles. The zero-order valence-corrected chi connectivity index (χ0v) is 10.2. The summed E-state index contributed by atoms with van der Waals surface area (Å²) in [6, 6.07) is 0.